The van der Waals surface area contributed by atoms with Gasteiger partial charge in [0.25, 0.3) is 0 Å². The minimum atomic E-state index is -0.132. The van der Waals surface area contributed by atoms with Crippen molar-refractivity contribution in [2.24, 2.45) is 0 Å². The van der Waals surface area contributed by atoms with Crippen LogP contribution in [0.4, 0.5) is 0 Å². The molecular formula is C19H21NO3. The summed E-state index contributed by atoms with van der Waals surface area (Å²) in [6.45, 7) is 1.99. The van der Waals surface area contributed by atoms with Crippen LogP contribution in [0.1, 0.15) is 22.8 Å². The second-order valence-electron chi connectivity index (χ2n) is 3.77. The van der Waals surface area contributed by atoms with Crippen molar-refractivity contribution in [3.8, 4) is 18.9 Å². The lowest BCUT2D eigenvalue weighted by Gasteiger charge is -1.94. The number of allylic oxidation sites excluding steroid dienone is 4. The van der Waals surface area contributed by atoms with Gasteiger partial charge in [-0.05, 0) is 37.3 Å². The maximum atomic E-state index is 11.5. The minimum Gasteiger partial charge on any atom is -0.392 e. The van der Waals surface area contributed by atoms with E-state index in [0.717, 1.165) is 0 Å². The molecule has 23 heavy (non-hydrogen) atoms. The van der Waals surface area contributed by atoms with E-state index in [1.807, 2.05) is 13.0 Å². The van der Waals surface area contributed by atoms with Gasteiger partial charge in [0.15, 0.2) is 5.78 Å². The molecular weight excluding hydrogens is 290 g/mol. The van der Waals surface area contributed by atoms with Crippen LogP contribution in [0, 0.1) is 24.2 Å². The Kier molecular flexibility index (Phi) is 16.7. The van der Waals surface area contributed by atoms with Gasteiger partial charge in [0.05, 0.1) is 24.8 Å². The highest BCUT2D eigenvalue weighted by atomic mass is 16.3. The van der Waals surface area contributed by atoms with E-state index in [1.165, 1.54) is 12.2 Å². The third-order valence-electron chi connectivity index (χ3n) is 2.24. The number of hydrogen-bond acceptors (Lipinski definition) is 4. The molecule has 1 rings (SSSR count). The number of nitriles is 1. The Hall–Kier alpha value is -2.92. The lowest BCUT2D eigenvalue weighted by atomic mass is 10.1. The average Bonchev–Trinajstić information content (AvgIpc) is 2.61. The number of terminal acetylenes is 1. The lowest BCUT2D eigenvalue weighted by molar-refractivity contribution is 0.104. The molecule has 0 aromatic heterocycles. The van der Waals surface area contributed by atoms with Gasteiger partial charge in [-0.1, -0.05) is 30.4 Å². The molecule has 1 aromatic rings. The molecule has 0 unspecified atom stereocenters. The van der Waals surface area contributed by atoms with E-state index < -0.39 is 0 Å². The highest BCUT2D eigenvalue weighted by molar-refractivity contribution is 6.04. The molecule has 1 aromatic carbocycles. The number of rotatable bonds is 5. The first-order chi connectivity index (χ1) is 11.2. The quantitative estimate of drug-likeness (QED) is 0.288. The summed E-state index contributed by atoms with van der Waals surface area (Å²) >= 11 is 0. The van der Waals surface area contributed by atoms with Gasteiger partial charge in [-0.2, -0.15) is 5.26 Å². The van der Waals surface area contributed by atoms with E-state index in [-0.39, 0.29) is 19.0 Å². The number of aliphatic hydroxyl groups is 2. The molecule has 0 fully saturated rings. The molecule has 0 radical (unpaired) electrons. The Morgan fingerprint density at radius 2 is 1.70 bits per heavy atom. The predicted molar refractivity (Wildman–Crippen MR) is 92.6 cm³/mol. The Labute approximate surface area is 137 Å². The molecule has 0 atom stereocenters. The van der Waals surface area contributed by atoms with E-state index in [4.69, 9.17) is 15.5 Å². The zero-order valence-corrected chi connectivity index (χ0v) is 13.1. The number of nitrogens with zero attached hydrogens (tertiary/aromatic N) is 1. The molecule has 0 aliphatic rings. The van der Waals surface area contributed by atoms with Crippen molar-refractivity contribution in [3.05, 3.63) is 71.8 Å². The Morgan fingerprint density at radius 3 is 2.09 bits per heavy atom. The van der Waals surface area contributed by atoms with E-state index in [1.54, 1.807) is 48.6 Å². The van der Waals surface area contributed by atoms with Crippen molar-refractivity contribution in [3.63, 3.8) is 0 Å². The van der Waals surface area contributed by atoms with Crippen LogP contribution in [-0.2, 0) is 0 Å². The topological polar surface area (TPSA) is 81.3 Å². The van der Waals surface area contributed by atoms with Crippen LogP contribution in [0.2, 0.25) is 0 Å². The third-order valence-corrected chi connectivity index (χ3v) is 2.24. The summed E-state index contributed by atoms with van der Waals surface area (Å²) in [5.41, 5.74) is 1.06. The van der Waals surface area contributed by atoms with Crippen LogP contribution in [0.3, 0.4) is 0 Å². The van der Waals surface area contributed by atoms with E-state index in [2.05, 4.69) is 12.8 Å². The SMILES string of the molecule is C#C.C/C=C\CO.N#Cc1ccc(C(=O)/C=C/C=C/CO)cc1. The summed E-state index contributed by atoms with van der Waals surface area (Å²) in [6.07, 6.45) is 17.6. The van der Waals surface area contributed by atoms with E-state index in [0.29, 0.717) is 11.1 Å². The van der Waals surface area contributed by atoms with Crippen LogP contribution in [0.15, 0.2) is 60.7 Å². The maximum absolute atomic E-state index is 11.5. The molecule has 4 heteroatoms. The van der Waals surface area contributed by atoms with Gasteiger partial charge in [0.1, 0.15) is 0 Å². The summed E-state index contributed by atoms with van der Waals surface area (Å²) in [5, 5.41) is 25.0. The molecule has 0 heterocycles. The fourth-order valence-electron chi connectivity index (χ4n) is 1.19. The number of ketones is 1. The highest BCUT2D eigenvalue weighted by Crippen LogP contribution is 2.04. The van der Waals surface area contributed by atoms with Crippen LogP contribution in [0.5, 0.6) is 0 Å². The van der Waals surface area contributed by atoms with Crippen molar-refractivity contribution in [1.82, 2.24) is 0 Å². The monoisotopic (exact) mass is 311 g/mol. The first-order valence-corrected chi connectivity index (χ1v) is 6.73. The maximum Gasteiger partial charge on any atom is 0.185 e. The molecule has 0 saturated heterocycles. The smallest absolute Gasteiger partial charge is 0.185 e. The predicted octanol–water partition coefficient (Wildman–Crippen LogP) is 2.65. The van der Waals surface area contributed by atoms with Crippen molar-refractivity contribution in [2.45, 2.75) is 6.92 Å². The first kappa shape index (κ1) is 22.4. The molecule has 0 saturated carbocycles. The molecule has 0 bridgehead atoms. The van der Waals surface area contributed by atoms with Crippen LogP contribution in [0.25, 0.3) is 0 Å². The zero-order chi connectivity index (χ0) is 17.9. The summed E-state index contributed by atoms with van der Waals surface area (Å²) in [6, 6.07) is 8.41. The molecule has 0 spiro atoms. The molecule has 2 N–H and O–H groups in total. The molecule has 120 valence electrons. The Balaban J connectivity index is 0. The standard InChI is InChI=1S/C13H11NO2.C4H8O.C2H2/c14-10-11-5-7-12(8-6-11)13(16)4-2-1-3-9-15;1-2-3-4-5;1-2/h1-8,15H,9H2;2-3,5H,4H2,1H3;1-2H/b3-1+,4-2+;3-2-;. The van der Waals surface area contributed by atoms with Crippen molar-refractivity contribution >= 4 is 5.78 Å². The molecule has 0 aliphatic carbocycles. The number of carbonyl (C=O) groups excluding carboxylic acids is 1. The van der Waals surface area contributed by atoms with Gasteiger partial charge in [0.2, 0.25) is 0 Å². The van der Waals surface area contributed by atoms with Crippen LogP contribution in [-0.4, -0.2) is 29.2 Å². The van der Waals surface area contributed by atoms with Gasteiger partial charge in [-0.25, -0.2) is 0 Å². The molecule has 0 amide bonds. The average molecular weight is 311 g/mol. The first-order valence-electron chi connectivity index (χ1n) is 6.73. The van der Waals surface area contributed by atoms with Crippen molar-refractivity contribution < 1.29 is 15.0 Å². The van der Waals surface area contributed by atoms with Gasteiger partial charge >= 0.3 is 0 Å². The number of hydrogen-bond donors (Lipinski definition) is 2. The van der Waals surface area contributed by atoms with Gasteiger partial charge in [-0.3, -0.25) is 4.79 Å². The fraction of sp³-hybridized carbons (Fsp3) is 0.158. The zero-order valence-electron chi connectivity index (χ0n) is 13.1. The number of aliphatic hydroxyl groups excluding tert-OH is 2. The van der Waals surface area contributed by atoms with E-state index >= 15 is 0 Å². The van der Waals surface area contributed by atoms with Crippen LogP contribution < -0.4 is 0 Å². The summed E-state index contributed by atoms with van der Waals surface area (Å²) in [5.74, 6) is -0.132. The van der Waals surface area contributed by atoms with Crippen molar-refractivity contribution in [2.75, 3.05) is 13.2 Å². The molecule has 0 aliphatic heterocycles. The summed E-state index contributed by atoms with van der Waals surface area (Å²) in [7, 11) is 0. The van der Waals surface area contributed by atoms with Crippen molar-refractivity contribution in [1.29, 1.82) is 5.26 Å². The second kappa shape index (κ2) is 17.1. The Morgan fingerprint density at radius 1 is 1.13 bits per heavy atom. The van der Waals surface area contributed by atoms with Gasteiger partial charge in [0, 0.05) is 5.56 Å². The molecule has 4 nitrogen and oxygen atoms in total. The fourth-order valence-corrected chi connectivity index (χ4v) is 1.19. The number of benzene rings is 1. The van der Waals surface area contributed by atoms with E-state index in [9.17, 15) is 4.79 Å². The van der Waals surface area contributed by atoms with Gasteiger partial charge in [-0.15, -0.1) is 12.8 Å². The number of carbonyl (C=O) groups is 1. The second-order valence-corrected chi connectivity index (χ2v) is 3.77. The minimum absolute atomic E-state index is 0.0462. The summed E-state index contributed by atoms with van der Waals surface area (Å²) < 4.78 is 0. The Bertz CT molecular complexity index is 573. The van der Waals surface area contributed by atoms with Gasteiger partial charge < -0.3 is 10.2 Å². The normalized spacial score (nSPS) is 9.74. The largest absolute Gasteiger partial charge is 0.392 e. The highest BCUT2D eigenvalue weighted by Gasteiger charge is 2.00. The third kappa shape index (κ3) is 12.5. The summed E-state index contributed by atoms with van der Waals surface area (Å²) in [4.78, 5) is 11.5. The van der Waals surface area contributed by atoms with Crippen LogP contribution >= 0.6 is 0 Å². The lowest BCUT2D eigenvalue weighted by Crippen LogP contribution is -1.93.